The zero-order valence-electron chi connectivity index (χ0n) is 15.3. The first kappa shape index (κ1) is 18.1. The number of aromatic nitrogens is 1. The van der Waals surface area contributed by atoms with Gasteiger partial charge in [-0.1, -0.05) is 32.9 Å². The molecule has 1 heterocycles. The van der Waals surface area contributed by atoms with E-state index in [1.807, 2.05) is 6.20 Å². The molecule has 3 nitrogen and oxygen atoms in total. The third-order valence-corrected chi connectivity index (χ3v) is 9.20. The van der Waals surface area contributed by atoms with E-state index in [2.05, 4.69) is 70.0 Å². The summed E-state index contributed by atoms with van der Waals surface area (Å²) in [5.74, 6) is 0. The molecule has 0 saturated carbocycles. The molecule has 0 fully saturated rings. The number of hydrogen-bond acceptors (Lipinski definition) is 3. The molecule has 0 aliphatic rings. The van der Waals surface area contributed by atoms with Crippen LogP contribution >= 0.6 is 0 Å². The maximum atomic E-state index is 6.11. The lowest BCUT2D eigenvalue weighted by atomic mass is 10.1. The maximum absolute atomic E-state index is 6.11. The Hall–Kier alpha value is -1.23. The summed E-state index contributed by atoms with van der Waals surface area (Å²) < 4.78 is 11.9. The zero-order valence-corrected chi connectivity index (χ0v) is 16.3. The molecule has 0 saturated heterocycles. The van der Waals surface area contributed by atoms with Gasteiger partial charge in [0.05, 0.1) is 25.3 Å². The van der Waals surface area contributed by atoms with Crippen molar-refractivity contribution in [2.45, 2.75) is 52.4 Å². The predicted molar refractivity (Wildman–Crippen MR) is 99.3 cm³/mol. The summed E-state index contributed by atoms with van der Waals surface area (Å²) in [5, 5.41) is 1.40. The molecule has 0 radical (unpaired) electrons. The van der Waals surface area contributed by atoms with E-state index in [1.54, 1.807) is 0 Å². The third-order valence-electron chi connectivity index (χ3n) is 4.66. The standard InChI is InChI=1S/C19H29NO2Si/c1-15-7-8-17-12-16(13-20-18(17)11-15)14-21-9-10-22-23(5,6)19(2,3)4/h7-8,11-13H,9-10,14H2,1-6H3. The maximum Gasteiger partial charge on any atom is 0.192 e. The molecule has 2 rings (SSSR count). The Bertz CT molecular complexity index is 662. The highest BCUT2D eigenvalue weighted by atomic mass is 28.4. The van der Waals surface area contributed by atoms with Crippen LogP contribution < -0.4 is 0 Å². The highest BCUT2D eigenvalue weighted by Crippen LogP contribution is 2.36. The second-order valence-electron chi connectivity index (χ2n) is 7.70. The molecule has 0 unspecified atom stereocenters. The highest BCUT2D eigenvalue weighted by Gasteiger charge is 2.36. The lowest BCUT2D eigenvalue weighted by Gasteiger charge is -2.36. The van der Waals surface area contributed by atoms with Gasteiger partial charge in [0.1, 0.15) is 0 Å². The summed E-state index contributed by atoms with van der Waals surface area (Å²) >= 11 is 0. The quantitative estimate of drug-likeness (QED) is 0.546. The Balaban J connectivity index is 1.82. The molecule has 126 valence electrons. The van der Waals surface area contributed by atoms with Crippen LogP contribution in [-0.2, 0) is 15.8 Å². The Kier molecular flexibility index (Phi) is 5.60. The fourth-order valence-corrected chi connectivity index (χ4v) is 3.14. The van der Waals surface area contributed by atoms with Crippen molar-refractivity contribution < 1.29 is 9.16 Å². The van der Waals surface area contributed by atoms with Gasteiger partial charge < -0.3 is 9.16 Å². The first-order valence-corrected chi connectivity index (χ1v) is 11.2. The minimum absolute atomic E-state index is 0.243. The number of ether oxygens (including phenoxy) is 1. The first-order chi connectivity index (χ1) is 10.7. The van der Waals surface area contributed by atoms with E-state index in [0.29, 0.717) is 19.8 Å². The second kappa shape index (κ2) is 7.12. The second-order valence-corrected chi connectivity index (χ2v) is 12.5. The van der Waals surface area contributed by atoms with Gasteiger partial charge in [-0.3, -0.25) is 4.98 Å². The van der Waals surface area contributed by atoms with Gasteiger partial charge in [0.15, 0.2) is 8.32 Å². The van der Waals surface area contributed by atoms with Gasteiger partial charge in [-0.2, -0.15) is 0 Å². The largest absolute Gasteiger partial charge is 0.414 e. The van der Waals surface area contributed by atoms with Crippen molar-refractivity contribution in [1.82, 2.24) is 4.98 Å². The van der Waals surface area contributed by atoms with Crippen molar-refractivity contribution in [3.05, 3.63) is 41.6 Å². The Morgan fingerprint density at radius 3 is 2.52 bits per heavy atom. The lowest BCUT2D eigenvalue weighted by Crippen LogP contribution is -2.41. The van der Waals surface area contributed by atoms with Crippen LogP contribution in [0.5, 0.6) is 0 Å². The predicted octanol–water partition coefficient (Wildman–Crippen LogP) is 5.08. The van der Waals surface area contributed by atoms with Crippen molar-refractivity contribution >= 4 is 19.2 Å². The van der Waals surface area contributed by atoms with Crippen LogP contribution in [0.2, 0.25) is 18.1 Å². The van der Waals surface area contributed by atoms with Gasteiger partial charge in [0, 0.05) is 11.6 Å². The van der Waals surface area contributed by atoms with E-state index in [0.717, 1.165) is 16.5 Å². The SMILES string of the molecule is Cc1ccc2cc(COCCO[Si](C)(C)C(C)(C)C)cnc2c1. The lowest BCUT2D eigenvalue weighted by molar-refractivity contribution is 0.0845. The molecule has 1 aromatic heterocycles. The molecule has 0 atom stereocenters. The van der Waals surface area contributed by atoms with Crippen molar-refractivity contribution in [2.24, 2.45) is 0 Å². The van der Waals surface area contributed by atoms with Crippen LogP contribution in [0.15, 0.2) is 30.5 Å². The van der Waals surface area contributed by atoms with Gasteiger partial charge >= 0.3 is 0 Å². The molecule has 4 heteroatoms. The summed E-state index contributed by atoms with van der Waals surface area (Å²) in [4.78, 5) is 4.51. The average Bonchev–Trinajstić information content (AvgIpc) is 2.45. The van der Waals surface area contributed by atoms with Crippen molar-refractivity contribution in [3.8, 4) is 0 Å². The number of rotatable bonds is 6. The number of fused-ring (bicyclic) bond motifs is 1. The summed E-state index contributed by atoms with van der Waals surface area (Å²) in [6, 6.07) is 8.48. The molecule has 0 amide bonds. The van der Waals surface area contributed by atoms with E-state index in [1.165, 1.54) is 5.56 Å². The van der Waals surface area contributed by atoms with Crippen molar-refractivity contribution in [1.29, 1.82) is 0 Å². The molecule has 0 aliphatic carbocycles. The molecular formula is C19H29NO2Si. The van der Waals surface area contributed by atoms with Crippen molar-refractivity contribution in [2.75, 3.05) is 13.2 Å². The number of hydrogen-bond donors (Lipinski definition) is 0. The van der Waals surface area contributed by atoms with E-state index in [-0.39, 0.29) is 5.04 Å². The molecule has 0 aliphatic heterocycles. The smallest absolute Gasteiger partial charge is 0.192 e. The van der Waals surface area contributed by atoms with Gasteiger partial charge in [0.2, 0.25) is 0 Å². The van der Waals surface area contributed by atoms with Gasteiger partial charge in [0.25, 0.3) is 0 Å². The topological polar surface area (TPSA) is 31.4 Å². The minimum Gasteiger partial charge on any atom is -0.414 e. The van der Waals surface area contributed by atoms with Crippen LogP contribution in [0.25, 0.3) is 10.9 Å². The monoisotopic (exact) mass is 331 g/mol. The van der Waals surface area contributed by atoms with Crippen LogP contribution in [0.3, 0.4) is 0 Å². The third kappa shape index (κ3) is 4.87. The minimum atomic E-state index is -1.67. The fourth-order valence-electron chi connectivity index (χ4n) is 2.12. The molecule has 0 spiro atoms. The Morgan fingerprint density at radius 2 is 1.83 bits per heavy atom. The Labute approximate surface area is 141 Å². The van der Waals surface area contributed by atoms with Crippen LogP contribution in [0.4, 0.5) is 0 Å². The van der Waals surface area contributed by atoms with Gasteiger partial charge in [-0.05, 0) is 48.3 Å². The summed E-state index contributed by atoms with van der Waals surface area (Å²) in [6.45, 7) is 15.2. The van der Waals surface area contributed by atoms with E-state index < -0.39 is 8.32 Å². The molecule has 1 aromatic carbocycles. The van der Waals surface area contributed by atoms with Crippen LogP contribution in [0.1, 0.15) is 31.9 Å². The van der Waals surface area contributed by atoms with Gasteiger partial charge in [-0.25, -0.2) is 0 Å². The molecule has 2 aromatic rings. The summed E-state index contributed by atoms with van der Waals surface area (Å²) in [7, 11) is -1.67. The number of aryl methyl sites for hydroxylation is 1. The van der Waals surface area contributed by atoms with Crippen LogP contribution in [0, 0.1) is 6.92 Å². The first-order valence-electron chi connectivity index (χ1n) is 8.26. The number of benzene rings is 1. The Morgan fingerprint density at radius 1 is 1.09 bits per heavy atom. The van der Waals surface area contributed by atoms with Crippen LogP contribution in [-0.4, -0.2) is 26.5 Å². The van der Waals surface area contributed by atoms with Crippen molar-refractivity contribution in [3.63, 3.8) is 0 Å². The summed E-state index contributed by atoms with van der Waals surface area (Å²) in [5.41, 5.74) is 3.38. The zero-order chi connectivity index (χ0) is 17.1. The van der Waals surface area contributed by atoms with Gasteiger partial charge in [-0.15, -0.1) is 0 Å². The number of nitrogens with zero attached hydrogens (tertiary/aromatic N) is 1. The molecular weight excluding hydrogens is 302 g/mol. The summed E-state index contributed by atoms with van der Waals surface area (Å²) in [6.07, 6.45) is 1.90. The molecule has 0 N–H and O–H groups in total. The van der Waals surface area contributed by atoms with E-state index in [9.17, 15) is 0 Å². The molecule has 0 bridgehead atoms. The fraction of sp³-hybridized carbons (Fsp3) is 0.526. The highest BCUT2D eigenvalue weighted by molar-refractivity contribution is 6.74. The number of pyridine rings is 1. The normalized spacial score (nSPS) is 12.8. The van der Waals surface area contributed by atoms with E-state index >= 15 is 0 Å². The van der Waals surface area contributed by atoms with E-state index in [4.69, 9.17) is 9.16 Å². The average molecular weight is 332 g/mol. The molecule has 23 heavy (non-hydrogen) atoms.